The molecular weight excluding hydrogens is 527 g/mol. The normalized spacial score (nSPS) is 13.5. The first-order chi connectivity index (χ1) is 19.3. The average molecular weight is 550 g/mol. The number of nitrogens with zero attached hydrogens (tertiary/aromatic N) is 7. The van der Waals surface area contributed by atoms with Crippen LogP contribution in [0.4, 0.5) is 13.2 Å². The highest BCUT2D eigenvalue weighted by molar-refractivity contribution is 5.78. The van der Waals surface area contributed by atoms with Crippen LogP contribution in [0.5, 0.6) is 11.8 Å². The van der Waals surface area contributed by atoms with Crippen LogP contribution in [0.1, 0.15) is 35.7 Å². The lowest BCUT2D eigenvalue weighted by molar-refractivity contribution is -0.141. The summed E-state index contributed by atoms with van der Waals surface area (Å²) >= 11 is 0. The second kappa shape index (κ2) is 9.74. The average Bonchev–Trinajstić information content (AvgIpc) is 3.71. The van der Waals surface area contributed by atoms with Gasteiger partial charge in [-0.25, -0.2) is 24.6 Å². The molecule has 204 valence electrons. The molecule has 13 heteroatoms. The van der Waals surface area contributed by atoms with Gasteiger partial charge >= 0.3 is 6.18 Å². The fourth-order valence-corrected chi connectivity index (χ4v) is 4.52. The number of aromatic nitrogens is 7. The van der Waals surface area contributed by atoms with Gasteiger partial charge in [-0.15, -0.1) is 0 Å². The fourth-order valence-electron chi connectivity index (χ4n) is 4.52. The van der Waals surface area contributed by atoms with E-state index in [9.17, 15) is 18.0 Å². The van der Waals surface area contributed by atoms with Crippen LogP contribution in [0.2, 0.25) is 0 Å². The number of halogens is 3. The molecule has 1 fully saturated rings. The summed E-state index contributed by atoms with van der Waals surface area (Å²) in [5.41, 5.74) is 1.59. The molecule has 0 radical (unpaired) electrons. The maximum Gasteiger partial charge on any atom is 0.435 e. The molecule has 4 aromatic heterocycles. The highest BCUT2D eigenvalue weighted by atomic mass is 19.4. The standard InChI is InChI=1S/C27H22F3N7O3/c1-39-21-11-19(27(28,29)30)35-37(21)18-8-3-15(4-9-18)13-36-20(38)10-7-17-12-31-24(34-25(17)36)22-23(16-5-6-16)32-14-33-26(22)40-2/h3-4,7-12,14,16H,5-6,13H2,1-2H3. The van der Waals surface area contributed by atoms with Crippen LogP contribution >= 0.6 is 0 Å². The summed E-state index contributed by atoms with van der Waals surface area (Å²) in [6.07, 6.45) is 0.498. The maximum atomic E-state index is 13.2. The number of hydrogen-bond acceptors (Lipinski definition) is 8. The number of benzene rings is 1. The largest absolute Gasteiger partial charge is 0.481 e. The lowest BCUT2D eigenvalue weighted by atomic mass is 10.1. The van der Waals surface area contributed by atoms with Crippen molar-refractivity contribution in [3.05, 3.63) is 82.3 Å². The number of methoxy groups -OCH3 is 2. The van der Waals surface area contributed by atoms with E-state index in [2.05, 4.69) is 20.1 Å². The zero-order valence-electron chi connectivity index (χ0n) is 21.4. The quantitative estimate of drug-likeness (QED) is 0.294. The molecule has 0 spiro atoms. The molecular formula is C27H22F3N7O3. The van der Waals surface area contributed by atoms with Crippen molar-refractivity contribution in [1.82, 2.24) is 34.3 Å². The Balaban J connectivity index is 1.38. The van der Waals surface area contributed by atoms with Crippen molar-refractivity contribution in [1.29, 1.82) is 0 Å². The number of ether oxygens (including phenoxy) is 2. The van der Waals surface area contributed by atoms with E-state index in [0.29, 0.717) is 34.0 Å². The van der Waals surface area contributed by atoms with Gasteiger partial charge in [0, 0.05) is 29.6 Å². The molecule has 0 N–H and O–H groups in total. The smallest absolute Gasteiger partial charge is 0.435 e. The van der Waals surface area contributed by atoms with Crippen molar-refractivity contribution in [2.75, 3.05) is 14.2 Å². The second-order valence-electron chi connectivity index (χ2n) is 9.30. The second-order valence-corrected chi connectivity index (χ2v) is 9.30. The van der Waals surface area contributed by atoms with E-state index in [-0.39, 0.29) is 23.9 Å². The molecule has 0 atom stereocenters. The Hall–Kier alpha value is -4.81. The molecule has 0 bridgehead atoms. The Morgan fingerprint density at radius 3 is 2.45 bits per heavy atom. The third-order valence-electron chi connectivity index (χ3n) is 6.64. The molecule has 1 saturated carbocycles. The predicted molar refractivity (Wildman–Crippen MR) is 138 cm³/mol. The highest BCUT2D eigenvalue weighted by Crippen LogP contribution is 2.44. The summed E-state index contributed by atoms with van der Waals surface area (Å²) in [6.45, 7) is 0.162. The van der Waals surface area contributed by atoms with E-state index in [1.165, 1.54) is 31.2 Å². The van der Waals surface area contributed by atoms with Gasteiger partial charge in [0.05, 0.1) is 32.1 Å². The lowest BCUT2D eigenvalue weighted by Crippen LogP contribution is -2.21. The number of alkyl halides is 3. The van der Waals surface area contributed by atoms with E-state index < -0.39 is 11.9 Å². The van der Waals surface area contributed by atoms with Crippen LogP contribution in [-0.2, 0) is 12.7 Å². The summed E-state index contributed by atoms with van der Waals surface area (Å²) in [5, 5.41) is 4.30. The first-order valence-electron chi connectivity index (χ1n) is 12.3. The third-order valence-corrected chi connectivity index (χ3v) is 6.64. The molecule has 40 heavy (non-hydrogen) atoms. The van der Waals surface area contributed by atoms with Gasteiger partial charge in [0.1, 0.15) is 17.5 Å². The van der Waals surface area contributed by atoms with Gasteiger partial charge in [-0.2, -0.15) is 18.3 Å². The molecule has 5 aromatic rings. The van der Waals surface area contributed by atoms with Gasteiger partial charge in [0.25, 0.3) is 5.56 Å². The van der Waals surface area contributed by atoms with E-state index in [1.807, 2.05) is 0 Å². The summed E-state index contributed by atoms with van der Waals surface area (Å²) in [4.78, 5) is 30.9. The highest BCUT2D eigenvalue weighted by Gasteiger charge is 2.35. The van der Waals surface area contributed by atoms with Crippen LogP contribution in [0, 0.1) is 0 Å². The molecule has 0 amide bonds. The zero-order chi connectivity index (χ0) is 28.0. The van der Waals surface area contributed by atoms with E-state index in [1.54, 1.807) is 36.5 Å². The molecule has 0 saturated heterocycles. The predicted octanol–water partition coefficient (Wildman–Crippen LogP) is 4.40. The molecule has 1 aliphatic carbocycles. The molecule has 0 aliphatic heterocycles. The number of pyridine rings is 1. The van der Waals surface area contributed by atoms with Crippen LogP contribution < -0.4 is 15.0 Å². The van der Waals surface area contributed by atoms with Crippen molar-refractivity contribution in [3.63, 3.8) is 0 Å². The SMILES string of the molecule is COc1ncnc(C2CC2)c1-c1ncc2ccc(=O)n(Cc3ccc(-n4nc(C(F)(F)F)cc4OC)cc3)c2n1. The van der Waals surface area contributed by atoms with Crippen molar-refractivity contribution < 1.29 is 22.6 Å². The van der Waals surface area contributed by atoms with E-state index in [4.69, 9.17) is 14.5 Å². The van der Waals surface area contributed by atoms with Crippen molar-refractivity contribution in [2.45, 2.75) is 31.5 Å². The number of hydrogen-bond donors (Lipinski definition) is 0. The van der Waals surface area contributed by atoms with E-state index in [0.717, 1.165) is 34.8 Å². The Morgan fingerprint density at radius 2 is 1.77 bits per heavy atom. The first kappa shape index (κ1) is 25.5. The van der Waals surface area contributed by atoms with Crippen molar-refractivity contribution in [3.8, 4) is 28.8 Å². The Kier molecular flexibility index (Phi) is 6.20. The zero-order valence-corrected chi connectivity index (χ0v) is 21.4. The minimum absolute atomic E-state index is 0.0551. The summed E-state index contributed by atoms with van der Waals surface area (Å²) < 4.78 is 52.6. The molecule has 4 heterocycles. The molecule has 10 nitrogen and oxygen atoms in total. The van der Waals surface area contributed by atoms with Crippen LogP contribution in [0.3, 0.4) is 0 Å². The Morgan fingerprint density at radius 1 is 1.00 bits per heavy atom. The summed E-state index contributed by atoms with van der Waals surface area (Å²) in [7, 11) is 2.79. The molecule has 6 rings (SSSR count). The summed E-state index contributed by atoms with van der Waals surface area (Å²) in [6, 6.07) is 10.6. The van der Waals surface area contributed by atoms with Gasteiger partial charge in [0.15, 0.2) is 11.5 Å². The summed E-state index contributed by atoms with van der Waals surface area (Å²) in [5.74, 6) is 0.941. The monoisotopic (exact) mass is 549 g/mol. The number of rotatable bonds is 7. The third kappa shape index (κ3) is 4.63. The number of fused-ring (bicyclic) bond motifs is 1. The lowest BCUT2D eigenvalue weighted by Gasteiger charge is -2.13. The molecule has 1 aromatic carbocycles. The van der Waals surface area contributed by atoms with Crippen molar-refractivity contribution >= 4 is 11.0 Å². The van der Waals surface area contributed by atoms with Gasteiger partial charge in [-0.05, 0) is 36.6 Å². The maximum absolute atomic E-state index is 13.2. The first-order valence-corrected chi connectivity index (χ1v) is 12.3. The minimum atomic E-state index is -4.61. The fraction of sp³-hybridized carbons (Fsp3) is 0.259. The Bertz CT molecular complexity index is 1780. The van der Waals surface area contributed by atoms with Crippen molar-refractivity contribution in [2.24, 2.45) is 0 Å². The van der Waals surface area contributed by atoms with Gasteiger partial charge in [0.2, 0.25) is 11.8 Å². The van der Waals surface area contributed by atoms with Gasteiger partial charge < -0.3 is 9.47 Å². The van der Waals surface area contributed by atoms with E-state index >= 15 is 0 Å². The minimum Gasteiger partial charge on any atom is -0.481 e. The molecule has 0 unspecified atom stereocenters. The van der Waals surface area contributed by atoms with Gasteiger partial charge in [-0.1, -0.05) is 12.1 Å². The molecule has 1 aliphatic rings. The van der Waals surface area contributed by atoms with Gasteiger partial charge in [-0.3, -0.25) is 9.36 Å². The van der Waals surface area contributed by atoms with Crippen LogP contribution in [0.25, 0.3) is 28.1 Å². The topological polar surface area (TPSA) is 110 Å². The Labute approximate surface area is 225 Å². The van der Waals surface area contributed by atoms with Crippen LogP contribution in [-0.4, -0.2) is 48.5 Å². The van der Waals surface area contributed by atoms with Crippen LogP contribution in [0.15, 0.2) is 59.8 Å².